The predicted molar refractivity (Wildman–Crippen MR) is 98.6 cm³/mol. The van der Waals surface area contributed by atoms with Crippen molar-refractivity contribution >= 4 is 0 Å². The molecule has 0 aromatic heterocycles. The predicted octanol–water partition coefficient (Wildman–Crippen LogP) is 7.40. The molecular weight excluding hydrogens is 252 g/mol. The Morgan fingerprint density at radius 2 is 1.19 bits per heavy atom. The van der Waals surface area contributed by atoms with Crippen molar-refractivity contribution in [1.29, 1.82) is 0 Å². The van der Waals surface area contributed by atoms with Crippen molar-refractivity contribution in [1.82, 2.24) is 0 Å². The van der Waals surface area contributed by atoms with Gasteiger partial charge in [0.2, 0.25) is 0 Å². The molecule has 0 bridgehead atoms. The third kappa shape index (κ3) is 13.7. The Labute approximate surface area is 133 Å². The van der Waals surface area contributed by atoms with Crippen molar-refractivity contribution in [2.75, 3.05) is 0 Å². The Bertz CT molecular complexity index is 394. The number of rotatable bonds is 9. The molecule has 0 radical (unpaired) electrons. The summed E-state index contributed by atoms with van der Waals surface area (Å²) in [5.41, 5.74) is 5.89. The molecule has 0 rings (SSSR count). The van der Waals surface area contributed by atoms with Gasteiger partial charge in [-0.25, -0.2) is 0 Å². The van der Waals surface area contributed by atoms with E-state index in [0.29, 0.717) is 5.92 Å². The second-order valence-electron chi connectivity index (χ2n) is 6.92. The lowest BCUT2D eigenvalue weighted by Gasteiger charge is -2.07. The minimum absolute atomic E-state index is 0.648. The highest BCUT2D eigenvalue weighted by Crippen LogP contribution is 2.15. The highest BCUT2D eigenvalue weighted by Gasteiger charge is 1.98. The lowest BCUT2D eigenvalue weighted by atomic mass is 9.99. The number of allylic oxidation sites excluding steroid dienone is 8. The van der Waals surface area contributed by atoms with E-state index < -0.39 is 0 Å². The third-order valence-electron chi connectivity index (χ3n) is 3.59. The maximum Gasteiger partial charge on any atom is -0.0225 e. The highest BCUT2D eigenvalue weighted by molar-refractivity contribution is 5.07. The molecule has 0 nitrogen and oxygen atoms in total. The molecule has 1 unspecified atom stereocenters. The summed E-state index contributed by atoms with van der Waals surface area (Å²) in [6.07, 6.45) is 15.4. The van der Waals surface area contributed by atoms with Crippen LogP contribution in [0.5, 0.6) is 0 Å². The summed E-state index contributed by atoms with van der Waals surface area (Å²) in [4.78, 5) is 0. The molecular formula is C21H36. The van der Waals surface area contributed by atoms with E-state index in [2.05, 4.69) is 72.8 Å². The van der Waals surface area contributed by atoms with E-state index in [1.165, 1.54) is 54.4 Å². The van der Waals surface area contributed by atoms with Crippen LogP contribution in [-0.2, 0) is 0 Å². The van der Waals surface area contributed by atoms with E-state index >= 15 is 0 Å². The van der Waals surface area contributed by atoms with Crippen LogP contribution in [0.2, 0.25) is 0 Å². The maximum atomic E-state index is 2.44. The number of hydrogen-bond donors (Lipinski definition) is 0. The Hall–Kier alpha value is -1.04. The second-order valence-corrected chi connectivity index (χ2v) is 6.92. The standard InChI is InChI=1S/C21H36/c1-17(2)10-8-12-19(5)14-15-21(7)16-20(6)13-9-11-18(3)4/h10-11,14,16,21H,8-9,12-13,15H2,1-7H3/b19-14+,20-16+. The maximum absolute atomic E-state index is 2.44. The van der Waals surface area contributed by atoms with Crippen LogP contribution >= 0.6 is 0 Å². The summed E-state index contributed by atoms with van der Waals surface area (Å²) in [5.74, 6) is 0.648. The molecule has 0 aliphatic carbocycles. The fourth-order valence-electron chi connectivity index (χ4n) is 2.30. The Kier molecular flexibility index (Phi) is 11.0. The number of hydrogen-bond acceptors (Lipinski definition) is 0. The molecule has 0 fully saturated rings. The van der Waals surface area contributed by atoms with Crippen molar-refractivity contribution in [3.63, 3.8) is 0 Å². The lowest BCUT2D eigenvalue weighted by molar-refractivity contribution is 0.723. The molecule has 1 atom stereocenters. The molecule has 21 heavy (non-hydrogen) atoms. The topological polar surface area (TPSA) is 0 Å². The largest absolute Gasteiger partial charge is 0.0856 e. The van der Waals surface area contributed by atoms with E-state index in [-0.39, 0.29) is 0 Å². The first kappa shape index (κ1) is 20.0. The molecule has 0 heteroatoms. The van der Waals surface area contributed by atoms with Crippen LogP contribution in [0.3, 0.4) is 0 Å². The molecule has 0 aliphatic rings. The van der Waals surface area contributed by atoms with Crippen LogP contribution in [0, 0.1) is 5.92 Å². The monoisotopic (exact) mass is 288 g/mol. The normalized spacial score (nSPS) is 13.9. The first-order valence-corrected chi connectivity index (χ1v) is 8.41. The highest BCUT2D eigenvalue weighted by atomic mass is 14.0. The second kappa shape index (κ2) is 11.6. The third-order valence-corrected chi connectivity index (χ3v) is 3.59. The quantitative estimate of drug-likeness (QED) is 0.388. The summed E-state index contributed by atoms with van der Waals surface area (Å²) in [5, 5.41) is 0. The van der Waals surface area contributed by atoms with Gasteiger partial charge < -0.3 is 0 Å². The van der Waals surface area contributed by atoms with Crippen molar-refractivity contribution in [2.45, 2.75) is 80.6 Å². The molecule has 0 amide bonds. The van der Waals surface area contributed by atoms with Gasteiger partial charge in [0.05, 0.1) is 0 Å². The van der Waals surface area contributed by atoms with Crippen LogP contribution < -0.4 is 0 Å². The fourth-order valence-corrected chi connectivity index (χ4v) is 2.30. The van der Waals surface area contributed by atoms with Gasteiger partial charge in [-0.05, 0) is 79.6 Å². The van der Waals surface area contributed by atoms with E-state index in [0.717, 1.165) is 0 Å². The van der Waals surface area contributed by atoms with Crippen LogP contribution in [0.15, 0.2) is 46.6 Å². The summed E-state index contributed by atoms with van der Waals surface area (Å²) < 4.78 is 0. The van der Waals surface area contributed by atoms with Crippen molar-refractivity contribution in [2.24, 2.45) is 5.92 Å². The van der Waals surface area contributed by atoms with Crippen LogP contribution in [0.4, 0.5) is 0 Å². The first-order chi connectivity index (χ1) is 9.81. The molecule has 0 heterocycles. The molecule has 0 N–H and O–H groups in total. The SMILES string of the molecule is CC(C)=CCC/C(C)=C/CC(C)/C=C(\C)CCC=C(C)C. The van der Waals surface area contributed by atoms with Crippen LogP contribution in [0.25, 0.3) is 0 Å². The van der Waals surface area contributed by atoms with Gasteiger partial charge in [-0.15, -0.1) is 0 Å². The molecule has 0 aromatic carbocycles. The van der Waals surface area contributed by atoms with Gasteiger partial charge >= 0.3 is 0 Å². The Morgan fingerprint density at radius 3 is 1.67 bits per heavy atom. The van der Waals surface area contributed by atoms with E-state index in [1.54, 1.807) is 0 Å². The summed E-state index contributed by atoms with van der Waals surface area (Å²) in [7, 11) is 0. The molecule has 0 spiro atoms. The summed E-state index contributed by atoms with van der Waals surface area (Å²) in [6.45, 7) is 15.5. The van der Waals surface area contributed by atoms with E-state index in [1.807, 2.05) is 0 Å². The molecule has 0 aliphatic heterocycles. The van der Waals surface area contributed by atoms with Gasteiger partial charge in [0.25, 0.3) is 0 Å². The van der Waals surface area contributed by atoms with Gasteiger partial charge in [0.15, 0.2) is 0 Å². The minimum Gasteiger partial charge on any atom is -0.0856 e. The molecule has 0 aromatic rings. The molecule has 120 valence electrons. The average molecular weight is 289 g/mol. The zero-order chi connectivity index (χ0) is 16.3. The fraction of sp³-hybridized carbons (Fsp3) is 0.619. The lowest BCUT2D eigenvalue weighted by Crippen LogP contribution is -1.90. The van der Waals surface area contributed by atoms with Crippen LogP contribution in [-0.4, -0.2) is 0 Å². The zero-order valence-corrected chi connectivity index (χ0v) is 15.4. The summed E-state index contributed by atoms with van der Waals surface area (Å²) >= 11 is 0. The zero-order valence-electron chi connectivity index (χ0n) is 15.4. The Balaban J connectivity index is 4.14. The smallest absolute Gasteiger partial charge is 0.0225 e. The van der Waals surface area contributed by atoms with Crippen molar-refractivity contribution in [3.8, 4) is 0 Å². The summed E-state index contributed by atoms with van der Waals surface area (Å²) in [6, 6.07) is 0. The molecule has 0 saturated carbocycles. The van der Waals surface area contributed by atoms with Gasteiger partial charge in [-0.1, -0.05) is 53.5 Å². The van der Waals surface area contributed by atoms with Crippen molar-refractivity contribution < 1.29 is 0 Å². The van der Waals surface area contributed by atoms with Gasteiger partial charge in [-0.2, -0.15) is 0 Å². The van der Waals surface area contributed by atoms with Gasteiger partial charge in [-0.3, -0.25) is 0 Å². The van der Waals surface area contributed by atoms with Crippen molar-refractivity contribution in [3.05, 3.63) is 46.6 Å². The first-order valence-electron chi connectivity index (χ1n) is 8.41. The van der Waals surface area contributed by atoms with Crippen LogP contribution in [0.1, 0.15) is 80.6 Å². The van der Waals surface area contributed by atoms with E-state index in [9.17, 15) is 0 Å². The Morgan fingerprint density at radius 1 is 0.714 bits per heavy atom. The minimum atomic E-state index is 0.648. The van der Waals surface area contributed by atoms with Gasteiger partial charge in [0, 0.05) is 0 Å². The average Bonchev–Trinajstić information content (AvgIpc) is 2.35. The van der Waals surface area contributed by atoms with Gasteiger partial charge in [0.1, 0.15) is 0 Å². The molecule has 0 saturated heterocycles. The van der Waals surface area contributed by atoms with E-state index in [4.69, 9.17) is 0 Å².